The summed E-state index contributed by atoms with van der Waals surface area (Å²) in [5.41, 5.74) is 2.14. The highest BCUT2D eigenvalue weighted by molar-refractivity contribution is 6.04. The number of anilines is 2. The van der Waals surface area contributed by atoms with Gasteiger partial charge in [0.2, 0.25) is 0 Å². The molecule has 132 valence electrons. The highest BCUT2D eigenvalue weighted by Gasteiger charge is 2.12. The van der Waals surface area contributed by atoms with Crippen LogP contribution in [0.1, 0.15) is 27.7 Å². The molecule has 0 aliphatic rings. The first-order valence-electron chi connectivity index (χ1n) is 8.17. The van der Waals surface area contributed by atoms with Gasteiger partial charge in [-0.15, -0.1) is 0 Å². The van der Waals surface area contributed by atoms with Crippen molar-refractivity contribution in [1.29, 1.82) is 0 Å². The van der Waals surface area contributed by atoms with E-state index in [1.165, 1.54) is 0 Å². The fourth-order valence-corrected chi connectivity index (χ4v) is 2.47. The van der Waals surface area contributed by atoms with Crippen LogP contribution in [0.15, 0.2) is 36.9 Å². The lowest BCUT2D eigenvalue weighted by atomic mass is 10.1. The van der Waals surface area contributed by atoms with Crippen molar-refractivity contribution in [3.05, 3.63) is 36.9 Å². The molecule has 0 aliphatic carbocycles. The van der Waals surface area contributed by atoms with Crippen LogP contribution in [0.5, 0.6) is 0 Å². The summed E-state index contributed by atoms with van der Waals surface area (Å²) < 4.78 is 1.85. The molecule has 1 aromatic carbocycles. The Labute approximate surface area is 151 Å². The predicted octanol–water partition coefficient (Wildman–Crippen LogP) is 2.99. The first-order chi connectivity index (χ1) is 12.4. The van der Waals surface area contributed by atoms with Crippen molar-refractivity contribution in [1.82, 2.24) is 19.5 Å². The Bertz CT molecular complexity index is 1020. The normalized spacial score (nSPS) is 10.9. The van der Waals surface area contributed by atoms with Crippen molar-refractivity contribution in [2.75, 3.05) is 10.6 Å². The number of carbonyl (C=O) groups is 1. The van der Waals surface area contributed by atoms with Crippen LogP contribution in [0.4, 0.5) is 11.5 Å². The standard InChI is InChI=1S/C19H20N6O/c1-5-6-18(26)22-13-7-8-15-14(9-13)21-12-25(15)17-11-20-10-16(23-17)24-19(2,3)4/h7-12H,1-4H3,(H,22,26)(H,23,24). The summed E-state index contributed by atoms with van der Waals surface area (Å²) >= 11 is 0. The maximum absolute atomic E-state index is 11.6. The van der Waals surface area contributed by atoms with Gasteiger partial charge in [0.05, 0.1) is 23.4 Å². The summed E-state index contributed by atoms with van der Waals surface area (Å²) in [6.07, 6.45) is 5.06. The summed E-state index contributed by atoms with van der Waals surface area (Å²) in [7, 11) is 0. The monoisotopic (exact) mass is 348 g/mol. The number of carbonyl (C=O) groups excluding carboxylic acids is 1. The molecule has 0 saturated carbocycles. The topological polar surface area (TPSA) is 84.7 Å². The van der Waals surface area contributed by atoms with Crippen LogP contribution in [0.3, 0.4) is 0 Å². The Balaban J connectivity index is 1.93. The van der Waals surface area contributed by atoms with Gasteiger partial charge in [0.1, 0.15) is 12.1 Å². The first-order valence-corrected chi connectivity index (χ1v) is 8.17. The van der Waals surface area contributed by atoms with E-state index in [-0.39, 0.29) is 11.4 Å². The number of benzene rings is 1. The lowest BCUT2D eigenvalue weighted by molar-refractivity contribution is -0.111. The Morgan fingerprint density at radius 3 is 2.77 bits per heavy atom. The molecule has 2 heterocycles. The van der Waals surface area contributed by atoms with Crippen LogP contribution < -0.4 is 10.6 Å². The Morgan fingerprint density at radius 2 is 2.04 bits per heavy atom. The van der Waals surface area contributed by atoms with Crippen molar-refractivity contribution in [3.63, 3.8) is 0 Å². The van der Waals surface area contributed by atoms with E-state index in [0.717, 1.165) is 11.0 Å². The van der Waals surface area contributed by atoms with Gasteiger partial charge in [0.15, 0.2) is 5.82 Å². The summed E-state index contributed by atoms with van der Waals surface area (Å²) in [4.78, 5) is 24.9. The summed E-state index contributed by atoms with van der Waals surface area (Å²) in [5.74, 6) is 6.02. The molecule has 7 nitrogen and oxygen atoms in total. The number of nitrogens with zero attached hydrogens (tertiary/aromatic N) is 4. The molecule has 0 atom stereocenters. The Morgan fingerprint density at radius 1 is 1.23 bits per heavy atom. The van der Waals surface area contributed by atoms with Gasteiger partial charge >= 0.3 is 0 Å². The average molecular weight is 348 g/mol. The highest BCUT2D eigenvalue weighted by atomic mass is 16.1. The molecule has 3 rings (SSSR count). The van der Waals surface area contributed by atoms with E-state index in [4.69, 9.17) is 0 Å². The smallest absolute Gasteiger partial charge is 0.300 e. The molecule has 0 radical (unpaired) electrons. The van der Waals surface area contributed by atoms with E-state index in [1.807, 2.05) is 10.6 Å². The van der Waals surface area contributed by atoms with E-state index in [1.54, 1.807) is 37.8 Å². The summed E-state index contributed by atoms with van der Waals surface area (Å²) in [5, 5.41) is 6.03. The molecule has 3 aromatic rings. The number of nitrogens with one attached hydrogen (secondary N) is 2. The lowest BCUT2D eigenvalue weighted by Crippen LogP contribution is -2.26. The largest absolute Gasteiger partial charge is 0.364 e. The molecule has 0 aliphatic heterocycles. The molecule has 26 heavy (non-hydrogen) atoms. The van der Waals surface area contributed by atoms with E-state index < -0.39 is 0 Å². The number of rotatable bonds is 3. The van der Waals surface area contributed by atoms with Crippen molar-refractivity contribution < 1.29 is 4.79 Å². The number of amides is 1. The minimum Gasteiger partial charge on any atom is -0.364 e. The molecule has 2 aromatic heterocycles. The Kier molecular flexibility index (Phi) is 4.59. The number of imidazole rings is 1. The van der Waals surface area contributed by atoms with Crippen molar-refractivity contribution in [2.45, 2.75) is 33.2 Å². The quantitative estimate of drug-likeness (QED) is 0.711. The molecule has 2 N–H and O–H groups in total. The number of hydrogen-bond acceptors (Lipinski definition) is 5. The zero-order chi connectivity index (χ0) is 18.7. The fraction of sp³-hybridized carbons (Fsp3) is 0.263. The fourth-order valence-electron chi connectivity index (χ4n) is 2.47. The van der Waals surface area contributed by atoms with E-state index in [9.17, 15) is 4.79 Å². The maximum atomic E-state index is 11.6. The van der Waals surface area contributed by atoms with Crippen LogP contribution in [0.25, 0.3) is 16.9 Å². The van der Waals surface area contributed by atoms with E-state index in [0.29, 0.717) is 17.3 Å². The van der Waals surface area contributed by atoms with E-state index in [2.05, 4.69) is 58.2 Å². The molecule has 0 saturated heterocycles. The third kappa shape index (κ3) is 3.98. The summed E-state index contributed by atoms with van der Waals surface area (Å²) in [6.45, 7) is 7.81. The molecular weight excluding hydrogens is 328 g/mol. The van der Waals surface area contributed by atoms with Crippen molar-refractivity contribution >= 4 is 28.4 Å². The number of hydrogen-bond donors (Lipinski definition) is 2. The SMILES string of the molecule is CC#CC(=O)Nc1ccc2c(c1)ncn2-c1cncc(NC(C)(C)C)n1. The minimum absolute atomic E-state index is 0.112. The van der Waals surface area contributed by atoms with Gasteiger partial charge in [-0.05, 0) is 51.8 Å². The molecule has 1 amide bonds. The Hall–Kier alpha value is -3.40. The van der Waals surface area contributed by atoms with Crippen LogP contribution in [0.2, 0.25) is 0 Å². The highest BCUT2D eigenvalue weighted by Crippen LogP contribution is 2.21. The van der Waals surface area contributed by atoms with Gasteiger partial charge in [0.25, 0.3) is 5.91 Å². The second-order valence-electron chi connectivity index (χ2n) is 6.78. The van der Waals surface area contributed by atoms with Crippen LogP contribution in [-0.4, -0.2) is 31.0 Å². The molecule has 0 spiro atoms. The molecule has 0 bridgehead atoms. The second kappa shape index (κ2) is 6.84. The van der Waals surface area contributed by atoms with E-state index >= 15 is 0 Å². The average Bonchev–Trinajstić information content (AvgIpc) is 2.97. The maximum Gasteiger partial charge on any atom is 0.300 e. The number of fused-ring (bicyclic) bond motifs is 1. The third-order valence-electron chi connectivity index (χ3n) is 3.42. The van der Waals surface area contributed by atoms with Gasteiger partial charge in [-0.25, -0.2) is 9.97 Å². The predicted molar refractivity (Wildman–Crippen MR) is 102 cm³/mol. The van der Waals surface area contributed by atoms with Crippen molar-refractivity contribution in [2.24, 2.45) is 0 Å². The van der Waals surface area contributed by atoms with Gasteiger partial charge in [-0.3, -0.25) is 14.3 Å². The molecule has 0 fully saturated rings. The van der Waals surface area contributed by atoms with Gasteiger partial charge < -0.3 is 10.6 Å². The summed E-state index contributed by atoms with van der Waals surface area (Å²) in [6, 6.07) is 5.48. The lowest BCUT2D eigenvalue weighted by Gasteiger charge is -2.21. The van der Waals surface area contributed by atoms with Crippen molar-refractivity contribution in [3.8, 4) is 17.7 Å². The number of aromatic nitrogens is 4. The minimum atomic E-state index is -0.349. The zero-order valence-electron chi connectivity index (χ0n) is 15.2. The van der Waals surface area contributed by atoms with Gasteiger partial charge in [0, 0.05) is 11.2 Å². The van der Waals surface area contributed by atoms with Gasteiger partial charge in [-0.1, -0.05) is 5.92 Å². The molecular formula is C19H20N6O. The first kappa shape index (κ1) is 17.4. The van der Waals surface area contributed by atoms with Crippen LogP contribution in [-0.2, 0) is 4.79 Å². The van der Waals surface area contributed by atoms with Crippen LogP contribution >= 0.6 is 0 Å². The molecule has 0 unspecified atom stereocenters. The second-order valence-corrected chi connectivity index (χ2v) is 6.78. The van der Waals surface area contributed by atoms with Crippen LogP contribution in [0, 0.1) is 11.8 Å². The van der Waals surface area contributed by atoms with Gasteiger partial charge in [-0.2, -0.15) is 0 Å². The third-order valence-corrected chi connectivity index (χ3v) is 3.42. The zero-order valence-corrected chi connectivity index (χ0v) is 15.2. The molecule has 7 heteroatoms.